The number of rotatable bonds is 6. The van der Waals surface area contributed by atoms with E-state index in [1.54, 1.807) is 14.2 Å². The Morgan fingerprint density at radius 3 is 2.46 bits per heavy atom. The van der Waals surface area contributed by atoms with Crippen LogP contribution in [0.5, 0.6) is 11.5 Å². The van der Waals surface area contributed by atoms with Gasteiger partial charge >= 0.3 is 0 Å². The van der Waals surface area contributed by atoms with Crippen molar-refractivity contribution >= 4 is 0 Å². The van der Waals surface area contributed by atoms with Crippen molar-refractivity contribution in [2.45, 2.75) is 12.5 Å². The van der Waals surface area contributed by atoms with Gasteiger partial charge in [-0.05, 0) is 35.6 Å². The summed E-state index contributed by atoms with van der Waals surface area (Å²) < 4.78 is 16.7. The lowest BCUT2D eigenvalue weighted by Crippen LogP contribution is -2.21. The minimum atomic E-state index is -0.122. The van der Waals surface area contributed by atoms with Crippen LogP contribution in [-0.4, -0.2) is 32.5 Å². The standard InChI is InChI=1S/C20H24O4/c1-22-18-9-8-15(11-19(18)23-2)20-17(12-21)16(13-24-20)10-14-6-4-3-5-7-14/h3-9,11,16-17,20-21H,10,12-13H2,1-2H3/t16-,17-,20+/m0/s1. The van der Waals surface area contributed by atoms with E-state index in [9.17, 15) is 5.11 Å². The number of ether oxygens (including phenoxy) is 3. The second kappa shape index (κ2) is 7.69. The van der Waals surface area contributed by atoms with Crippen LogP contribution in [0.3, 0.4) is 0 Å². The van der Waals surface area contributed by atoms with Gasteiger partial charge in [-0.2, -0.15) is 0 Å². The molecule has 3 rings (SSSR count). The van der Waals surface area contributed by atoms with E-state index >= 15 is 0 Å². The highest BCUT2D eigenvalue weighted by atomic mass is 16.5. The van der Waals surface area contributed by atoms with Crippen molar-refractivity contribution in [3.05, 3.63) is 59.7 Å². The van der Waals surface area contributed by atoms with Gasteiger partial charge in [0.1, 0.15) is 0 Å². The molecule has 24 heavy (non-hydrogen) atoms. The van der Waals surface area contributed by atoms with Crippen LogP contribution in [0.15, 0.2) is 48.5 Å². The molecule has 0 saturated carbocycles. The lowest BCUT2D eigenvalue weighted by atomic mass is 9.84. The molecule has 1 saturated heterocycles. The molecule has 1 fully saturated rings. The van der Waals surface area contributed by atoms with Crippen LogP contribution in [0.1, 0.15) is 17.2 Å². The van der Waals surface area contributed by atoms with Gasteiger partial charge in [-0.15, -0.1) is 0 Å². The zero-order valence-corrected chi connectivity index (χ0v) is 14.1. The maximum absolute atomic E-state index is 9.94. The molecule has 128 valence electrons. The summed E-state index contributed by atoms with van der Waals surface area (Å²) in [6.07, 6.45) is 0.791. The molecule has 4 nitrogen and oxygen atoms in total. The normalized spacial score (nSPS) is 23.2. The molecule has 2 aromatic carbocycles. The second-order valence-corrected chi connectivity index (χ2v) is 6.16. The molecule has 0 spiro atoms. The third-order valence-corrected chi connectivity index (χ3v) is 4.77. The summed E-state index contributed by atoms with van der Waals surface area (Å²) >= 11 is 0. The Balaban J connectivity index is 1.79. The molecule has 0 radical (unpaired) electrons. The van der Waals surface area contributed by atoms with Gasteiger partial charge in [-0.1, -0.05) is 36.4 Å². The fourth-order valence-electron chi connectivity index (χ4n) is 3.47. The lowest BCUT2D eigenvalue weighted by Gasteiger charge is -2.22. The molecule has 1 N–H and O–H groups in total. The summed E-state index contributed by atoms with van der Waals surface area (Å²) in [4.78, 5) is 0. The van der Waals surface area contributed by atoms with Crippen molar-refractivity contribution in [2.75, 3.05) is 27.4 Å². The predicted octanol–water partition coefficient (Wildman–Crippen LogP) is 3.24. The van der Waals surface area contributed by atoms with Crippen LogP contribution >= 0.6 is 0 Å². The Kier molecular flexibility index (Phi) is 5.38. The number of hydrogen-bond donors (Lipinski definition) is 1. The van der Waals surface area contributed by atoms with E-state index in [4.69, 9.17) is 14.2 Å². The minimum absolute atomic E-state index is 0.0725. The molecular weight excluding hydrogens is 304 g/mol. The zero-order chi connectivity index (χ0) is 16.9. The van der Waals surface area contributed by atoms with E-state index in [0.29, 0.717) is 24.0 Å². The predicted molar refractivity (Wildman–Crippen MR) is 92.5 cm³/mol. The van der Waals surface area contributed by atoms with Gasteiger partial charge in [0.05, 0.1) is 26.9 Å². The molecule has 1 heterocycles. The molecule has 0 aliphatic carbocycles. The van der Waals surface area contributed by atoms with Crippen molar-refractivity contribution in [2.24, 2.45) is 11.8 Å². The molecule has 0 aromatic heterocycles. The average Bonchev–Trinajstić information content (AvgIpc) is 3.04. The number of methoxy groups -OCH3 is 2. The molecule has 3 atom stereocenters. The van der Waals surface area contributed by atoms with Crippen LogP contribution in [0, 0.1) is 11.8 Å². The lowest BCUT2D eigenvalue weighted by molar-refractivity contribution is 0.0717. The number of benzene rings is 2. The molecular formula is C20H24O4. The van der Waals surface area contributed by atoms with Gasteiger partial charge in [0.15, 0.2) is 11.5 Å². The molecule has 4 heteroatoms. The molecule has 1 aliphatic rings. The van der Waals surface area contributed by atoms with E-state index in [1.165, 1.54) is 5.56 Å². The first kappa shape index (κ1) is 16.8. The van der Waals surface area contributed by atoms with Crippen LogP contribution in [0.2, 0.25) is 0 Å². The van der Waals surface area contributed by atoms with E-state index < -0.39 is 0 Å². The number of aliphatic hydroxyl groups is 1. The highest BCUT2D eigenvalue weighted by molar-refractivity contribution is 5.43. The molecule has 1 aliphatic heterocycles. The van der Waals surface area contributed by atoms with Gasteiger partial charge < -0.3 is 19.3 Å². The fraction of sp³-hybridized carbons (Fsp3) is 0.400. The van der Waals surface area contributed by atoms with Crippen LogP contribution < -0.4 is 9.47 Å². The van der Waals surface area contributed by atoms with Gasteiger partial charge in [-0.3, -0.25) is 0 Å². The maximum atomic E-state index is 9.94. The summed E-state index contributed by atoms with van der Waals surface area (Å²) in [6.45, 7) is 0.760. The van der Waals surface area contributed by atoms with Crippen LogP contribution in [-0.2, 0) is 11.2 Å². The first-order valence-corrected chi connectivity index (χ1v) is 8.25. The molecule has 0 unspecified atom stereocenters. The largest absolute Gasteiger partial charge is 0.493 e. The summed E-state index contributed by atoms with van der Waals surface area (Å²) in [5.74, 6) is 1.75. The van der Waals surface area contributed by atoms with Gasteiger partial charge in [-0.25, -0.2) is 0 Å². The Morgan fingerprint density at radius 1 is 1.04 bits per heavy atom. The van der Waals surface area contributed by atoms with Gasteiger partial charge in [0.2, 0.25) is 0 Å². The van der Waals surface area contributed by atoms with Crippen molar-refractivity contribution in [1.29, 1.82) is 0 Å². The topological polar surface area (TPSA) is 47.9 Å². The van der Waals surface area contributed by atoms with Crippen molar-refractivity contribution < 1.29 is 19.3 Å². The van der Waals surface area contributed by atoms with E-state index in [0.717, 1.165) is 12.0 Å². The number of aliphatic hydroxyl groups excluding tert-OH is 1. The third-order valence-electron chi connectivity index (χ3n) is 4.77. The van der Waals surface area contributed by atoms with E-state index in [2.05, 4.69) is 12.1 Å². The molecule has 0 amide bonds. The van der Waals surface area contributed by atoms with Crippen molar-refractivity contribution in [3.8, 4) is 11.5 Å². The summed E-state index contributed by atoms with van der Waals surface area (Å²) in [7, 11) is 3.24. The monoisotopic (exact) mass is 328 g/mol. The molecule has 2 aromatic rings. The zero-order valence-electron chi connectivity index (χ0n) is 14.1. The van der Waals surface area contributed by atoms with E-state index in [1.807, 2.05) is 36.4 Å². The first-order valence-electron chi connectivity index (χ1n) is 8.25. The minimum Gasteiger partial charge on any atom is -0.493 e. The summed E-state index contributed by atoms with van der Waals surface area (Å²) in [5.41, 5.74) is 2.29. The highest BCUT2D eigenvalue weighted by Gasteiger charge is 2.37. The Bertz CT molecular complexity index is 656. The summed E-state index contributed by atoms with van der Waals surface area (Å²) in [5, 5.41) is 9.94. The third kappa shape index (κ3) is 3.40. The van der Waals surface area contributed by atoms with Gasteiger partial charge in [0.25, 0.3) is 0 Å². The van der Waals surface area contributed by atoms with E-state index in [-0.39, 0.29) is 18.6 Å². The summed E-state index contributed by atoms with van der Waals surface area (Å²) in [6, 6.07) is 16.2. The quantitative estimate of drug-likeness (QED) is 0.884. The Hall–Kier alpha value is -2.04. The first-order chi connectivity index (χ1) is 11.8. The van der Waals surface area contributed by atoms with Crippen molar-refractivity contribution in [3.63, 3.8) is 0 Å². The number of hydrogen-bond acceptors (Lipinski definition) is 4. The smallest absolute Gasteiger partial charge is 0.161 e. The van der Waals surface area contributed by atoms with Crippen LogP contribution in [0.25, 0.3) is 0 Å². The Morgan fingerprint density at radius 2 is 1.79 bits per heavy atom. The average molecular weight is 328 g/mol. The van der Waals surface area contributed by atoms with Crippen molar-refractivity contribution in [1.82, 2.24) is 0 Å². The SMILES string of the molecule is COc1ccc([C@H]2OC[C@H](Cc3ccccc3)[C@@H]2CO)cc1OC. The highest BCUT2D eigenvalue weighted by Crippen LogP contribution is 2.42. The fourth-order valence-corrected chi connectivity index (χ4v) is 3.47. The van der Waals surface area contributed by atoms with Gasteiger partial charge in [0, 0.05) is 12.5 Å². The second-order valence-electron chi connectivity index (χ2n) is 6.16. The maximum Gasteiger partial charge on any atom is 0.161 e. The van der Waals surface area contributed by atoms with Crippen LogP contribution in [0.4, 0.5) is 0 Å². The molecule has 0 bridgehead atoms. The Labute approximate surface area is 143 Å².